The number of hydrogen-bond acceptors (Lipinski definition) is 2. The fraction of sp³-hybridized carbons (Fsp3) is 1.00. The summed E-state index contributed by atoms with van der Waals surface area (Å²) >= 11 is 0. The molecule has 1 N–H and O–H groups in total. The Labute approximate surface area is 82.7 Å². The molecule has 0 aromatic heterocycles. The molecule has 0 aromatic carbocycles. The molecule has 1 atom stereocenters. The summed E-state index contributed by atoms with van der Waals surface area (Å²) in [6.45, 7) is 7.98. The maximum Gasteiger partial charge on any atom is 0.0249 e. The Morgan fingerprint density at radius 2 is 2.00 bits per heavy atom. The zero-order valence-corrected chi connectivity index (χ0v) is 9.72. The van der Waals surface area contributed by atoms with Crippen molar-refractivity contribution in [3.63, 3.8) is 0 Å². The predicted octanol–water partition coefficient (Wildman–Crippen LogP) is 1.71. The Bertz CT molecular complexity index is 161. The van der Waals surface area contributed by atoms with Crippen molar-refractivity contribution < 1.29 is 0 Å². The second-order valence-corrected chi connectivity index (χ2v) is 5.13. The van der Waals surface area contributed by atoms with E-state index in [2.05, 4.69) is 38.0 Å². The molecule has 0 aliphatic heterocycles. The highest BCUT2D eigenvalue weighted by Gasteiger charge is 2.32. The van der Waals surface area contributed by atoms with Gasteiger partial charge in [0.2, 0.25) is 0 Å². The van der Waals surface area contributed by atoms with Gasteiger partial charge in [0.05, 0.1) is 0 Å². The maximum absolute atomic E-state index is 3.34. The molecule has 0 spiro atoms. The smallest absolute Gasteiger partial charge is 0.0249 e. The van der Waals surface area contributed by atoms with Gasteiger partial charge in [-0.15, -0.1) is 0 Å². The normalized spacial score (nSPS) is 20.8. The molecule has 13 heavy (non-hydrogen) atoms. The second-order valence-electron chi connectivity index (χ2n) is 5.13. The van der Waals surface area contributed by atoms with E-state index in [0.29, 0.717) is 0 Å². The lowest BCUT2D eigenvalue weighted by Crippen LogP contribution is -2.49. The molecule has 1 rings (SSSR count). The molecule has 1 saturated carbocycles. The van der Waals surface area contributed by atoms with Gasteiger partial charge in [0.15, 0.2) is 0 Å². The Morgan fingerprint density at radius 1 is 1.46 bits per heavy atom. The van der Waals surface area contributed by atoms with Crippen LogP contribution in [0.5, 0.6) is 0 Å². The number of hydrogen-bond donors (Lipinski definition) is 1. The van der Waals surface area contributed by atoms with Crippen LogP contribution in [0.25, 0.3) is 0 Å². The van der Waals surface area contributed by atoms with E-state index in [4.69, 9.17) is 0 Å². The van der Waals surface area contributed by atoms with E-state index in [9.17, 15) is 0 Å². The number of rotatable bonds is 5. The van der Waals surface area contributed by atoms with Gasteiger partial charge in [-0.2, -0.15) is 0 Å². The molecule has 1 aliphatic rings. The topological polar surface area (TPSA) is 15.3 Å². The van der Waals surface area contributed by atoms with Crippen LogP contribution in [0.15, 0.2) is 0 Å². The van der Waals surface area contributed by atoms with Crippen LogP contribution in [-0.4, -0.2) is 37.1 Å². The van der Waals surface area contributed by atoms with E-state index >= 15 is 0 Å². The van der Waals surface area contributed by atoms with Crippen molar-refractivity contribution in [2.24, 2.45) is 5.92 Å². The molecule has 2 heteroatoms. The van der Waals surface area contributed by atoms with E-state index < -0.39 is 0 Å². The van der Waals surface area contributed by atoms with Crippen molar-refractivity contribution in [2.75, 3.05) is 20.6 Å². The maximum atomic E-state index is 3.34. The van der Waals surface area contributed by atoms with Gasteiger partial charge in [-0.3, -0.25) is 0 Å². The highest BCUT2D eigenvalue weighted by atomic mass is 15.2. The van der Waals surface area contributed by atoms with E-state index in [1.54, 1.807) is 0 Å². The second kappa shape index (κ2) is 3.97. The number of nitrogens with one attached hydrogen (secondary N) is 1. The van der Waals surface area contributed by atoms with E-state index in [1.165, 1.54) is 12.8 Å². The summed E-state index contributed by atoms with van der Waals surface area (Å²) in [5.41, 5.74) is 0.234. The Kier molecular flexibility index (Phi) is 3.36. The van der Waals surface area contributed by atoms with Crippen LogP contribution in [0.1, 0.15) is 33.6 Å². The van der Waals surface area contributed by atoms with Crippen LogP contribution in [0.4, 0.5) is 0 Å². The highest BCUT2D eigenvalue weighted by molar-refractivity contribution is 4.87. The SMILES string of the molecule is CNC(C)(C)CN(C)C(C)C1CC1. The molecule has 0 bridgehead atoms. The minimum atomic E-state index is 0.234. The predicted molar refractivity (Wildman–Crippen MR) is 58.0 cm³/mol. The van der Waals surface area contributed by atoms with Gasteiger partial charge >= 0.3 is 0 Å². The summed E-state index contributed by atoms with van der Waals surface area (Å²) in [5, 5.41) is 3.34. The summed E-state index contributed by atoms with van der Waals surface area (Å²) in [6, 6.07) is 0.757. The fourth-order valence-electron chi connectivity index (χ4n) is 1.79. The average Bonchev–Trinajstić information content (AvgIpc) is 2.85. The van der Waals surface area contributed by atoms with Crippen molar-refractivity contribution in [3.8, 4) is 0 Å². The highest BCUT2D eigenvalue weighted by Crippen LogP contribution is 2.34. The van der Waals surface area contributed by atoms with Crippen LogP contribution in [0.3, 0.4) is 0 Å². The van der Waals surface area contributed by atoms with Gasteiger partial charge < -0.3 is 10.2 Å². The van der Waals surface area contributed by atoms with Crippen LogP contribution in [0, 0.1) is 5.92 Å². The molecule has 0 heterocycles. The summed E-state index contributed by atoms with van der Waals surface area (Å²) in [6.07, 6.45) is 2.87. The lowest BCUT2D eigenvalue weighted by atomic mass is 10.0. The number of nitrogens with zero attached hydrogens (tertiary/aromatic N) is 1. The quantitative estimate of drug-likeness (QED) is 0.700. The first-order valence-corrected chi connectivity index (χ1v) is 5.35. The van der Waals surface area contributed by atoms with Gasteiger partial charge in [-0.05, 0) is 53.6 Å². The van der Waals surface area contributed by atoms with Gasteiger partial charge in [-0.25, -0.2) is 0 Å². The van der Waals surface area contributed by atoms with Gasteiger partial charge in [0.1, 0.15) is 0 Å². The Balaban J connectivity index is 2.34. The van der Waals surface area contributed by atoms with E-state index in [-0.39, 0.29) is 5.54 Å². The number of likely N-dealkylation sites (N-methyl/N-ethyl adjacent to an activating group) is 2. The van der Waals surface area contributed by atoms with Crippen molar-refractivity contribution in [2.45, 2.75) is 45.2 Å². The molecule has 1 fully saturated rings. The Hall–Kier alpha value is -0.0800. The van der Waals surface area contributed by atoms with E-state index in [0.717, 1.165) is 18.5 Å². The third kappa shape index (κ3) is 3.28. The first kappa shape index (κ1) is 11.0. The minimum absolute atomic E-state index is 0.234. The van der Waals surface area contributed by atoms with Crippen molar-refractivity contribution in [1.29, 1.82) is 0 Å². The first-order valence-electron chi connectivity index (χ1n) is 5.35. The molecular formula is C11H24N2. The van der Waals surface area contributed by atoms with Crippen LogP contribution >= 0.6 is 0 Å². The lowest BCUT2D eigenvalue weighted by Gasteiger charge is -2.33. The zero-order valence-electron chi connectivity index (χ0n) is 9.72. The monoisotopic (exact) mass is 184 g/mol. The van der Waals surface area contributed by atoms with Crippen molar-refractivity contribution >= 4 is 0 Å². The van der Waals surface area contributed by atoms with Crippen molar-refractivity contribution in [3.05, 3.63) is 0 Å². The molecule has 1 unspecified atom stereocenters. The average molecular weight is 184 g/mol. The summed E-state index contributed by atoms with van der Waals surface area (Å²) in [5.74, 6) is 0.970. The Morgan fingerprint density at radius 3 is 2.38 bits per heavy atom. The molecule has 0 saturated heterocycles. The van der Waals surface area contributed by atoms with Crippen LogP contribution in [0.2, 0.25) is 0 Å². The first-order chi connectivity index (χ1) is 5.96. The minimum Gasteiger partial charge on any atom is -0.314 e. The van der Waals surface area contributed by atoms with Crippen LogP contribution < -0.4 is 5.32 Å². The van der Waals surface area contributed by atoms with E-state index in [1.807, 2.05) is 7.05 Å². The van der Waals surface area contributed by atoms with Gasteiger partial charge in [0, 0.05) is 18.1 Å². The standard InChI is InChI=1S/C11H24N2/c1-9(10-6-7-10)13(5)8-11(2,3)12-4/h9-10,12H,6-8H2,1-5H3. The zero-order chi connectivity index (χ0) is 10.1. The fourth-order valence-corrected chi connectivity index (χ4v) is 1.79. The molecule has 1 aliphatic carbocycles. The molecule has 0 aromatic rings. The molecule has 2 nitrogen and oxygen atoms in total. The summed E-state index contributed by atoms with van der Waals surface area (Å²) in [4.78, 5) is 2.48. The van der Waals surface area contributed by atoms with Crippen molar-refractivity contribution in [1.82, 2.24) is 10.2 Å². The van der Waals surface area contributed by atoms with Crippen LogP contribution in [-0.2, 0) is 0 Å². The summed E-state index contributed by atoms with van der Waals surface area (Å²) in [7, 11) is 4.28. The van der Waals surface area contributed by atoms with Gasteiger partial charge in [0.25, 0.3) is 0 Å². The third-order valence-corrected chi connectivity index (χ3v) is 3.32. The lowest BCUT2D eigenvalue weighted by molar-refractivity contribution is 0.181. The summed E-state index contributed by atoms with van der Waals surface area (Å²) < 4.78 is 0. The molecule has 0 amide bonds. The van der Waals surface area contributed by atoms with Gasteiger partial charge in [-0.1, -0.05) is 0 Å². The largest absolute Gasteiger partial charge is 0.314 e. The molecule has 78 valence electrons. The molecule has 0 radical (unpaired) electrons. The third-order valence-electron chi connectivity index (χ3n) is 3.32. The molecular weight excluding hydrogens is 160 g/mol.